The second-order valence-electron chi connectivity index (χ2n) is 0.250. The summed E-state index contributed by atoms with van der Waals surface area (Å²) in [7, 11) is -3.63. The van der Waals surface area contributed by atoms with E-state index in [1.807, 2.05) is 0 Å². The first-order chi connectivity index (χ1) is 1.73. The van der Waals surface area contributed by atoms with Crippen LogP contribution in [-0.2, 0) is 23.9 Å². The van der Waals surface area contributed by atoms with Gasteiger partial charge in [-0.25, -0.2) is 0 Å². The van der Waals surface area contributed by atoms with Gasteiger partial charge in [0.25, 0.3) is 0 Å². The van der Waals surface area contributed by atoms with Gasteiger partial charge in [0.05, 0.1) is 0 Å². The maximum Gasteiger partial charge on any atom is 2.00 e. The molecule has 0 aliphatic heterocycles. The van der Waals surface area contributed by atoms with E-state index < -0.39 is 9.17 Å². The van der Waals surface area contributed by atoms with Gasteiger partial charge in [-0.05, 0) is 0 Å². The summed E-state index contributed by atoms with van der Waals surface area (Å²) < 4.78 is 8.52. The van der Waals surface area contributed by atoms with E-state index in [-0.39, 0.29) is 29.4 Å². The standard InChI is InChI=1S/O3Si.P.Zn/c1-4(2)3;;/q-2;;+2. The topological polar surface area (TPSA) is 63.2 Å². The van der Waals surface area contributed by atoms with Crippen LogP contribution in [-0.4, -0.2) is 9.17 Å². The molecule has 0 N–H and O–H groups in total. The molecule has 3 radical (unpaired) electrons. The van der Waals surface area contributed by atoms with Gasteiger partial charge in [-0.1, -0.05) is 0 Å². The van der Waals surface area contributed by atoms with E-state index >= 15 is 0 Å². The molecule has 0 aromatic carbocycles. The van der Waals surface area contributed by atoms with Crippen molar-refractivity contribution in [1.82, 2.24) is 0 Å². The molecule has 3 nitrogen and oxygen atoms in total. The molecule has 0 rings (SSSR count). The van der Waals surface area contributed by atoms with E-state index in [9.17, 15) is 0 Å². The van der Waals surface area contributed by atoms with Crippen LogP contribution in [0.2, 0.25) is 0 Å². The van der Waals surface area contributed by atoms with Gasteiger partial charge in [0.2, 0.25) is 0 Å². The van der Waals surface area contributed by atoms with Gasteiger partial charge in [0.1, 0.15) is 0 Å². The molecule has 0 saturated carbocycles. The van der Waals surface area contributed by atoms with Crippen molar-refractivity contribution in [2.75, 3.05) is 0 Å². The molecule has 0 spiro atoms. The van der Waals surface area contributed by atoms with Crippen molar-refractivity contribution in [2.24, 2.45) is 0 Å². The zero-order valence-corrected chi connectivity index (χ0v) is 7.74. The van der Waals surface area contributed by atoms with Crippen molar-refractivity contribution in [3.8, 4) is 0 Å². The maximum atomic E-state index is 8.52. The molecule has 0 heterocycles. The largest absolute Gasteiger partial charge is 2.00 e. The first kappa shape index (κ1) is 15.9. The van der Waals surface area contributed by atoms with Crippen LogP contribution in [0.3, 0.4) is 0 Å². The summed E-state index contributed by atoms with van der Waals surface area (Å²) in [6.07, 6.45) is 0. The first-order valence-electron chi connectivity index (χ1n) is 0.612. The molecule has 0 aromatic rings. The van der Waals surface area contributed by atoms with Crippen molar-refractivity contribution in [3.63, 3.8) is 0 Å². The Labute approximate surface area is 53.0 Å². The van der Waals surface area contributed by atoms with Gasteiger partial charge in [-0.15, -0.1) is 0 Å². The van der Waals surface area contributed by atoms with Gasteiger partial charge in [0.15, 0.2) is 0 Å². The molecule has 0 saturated heterocycles. The summed E-state index contributed by atoms with van der Waals surface area (Å²) in [5.41, 5.74) is 0. The summed E-state index contributed by atoms with van der Waals surface area (Å²) in [6, 6.07) is 0. The average Bonchev–Trinajstić information content (AvgIpc) is 0.811. The third-order valence-electron chi connectivity index (χ3n) is 0. The fourth-order valence-corrected chi connectivity index (χ4v) is 0. The third-order valence-corrected chi connectivity index (χ3v) is 0. The quantitative estimate of drug-likeness (QED) is 0.313. The van der Waals surface area contributed by atoms with Crippen molar-refractivity contribution < 1.29 is 33.5 Å². The van der Waals surface area contributed by atoms with Gasteiger partial charge < -0.3 is 14.1 Å². The predicted molar refractivity (Wildman–Crippen MR) is 13.4 cm³/mol. The molecule has 0 amide bonds. The Balaban J connectivity index is -0.0000000450. The second-order valence-corrected chi connectivity index (χ2v) is 0.750. The Morgan fingerprint density at radius 1 is 1.33 bits per heavy atom. The van der Waals surface area contributed by atoms with Gasteiger partial charge in [-0.3, -0.25) is 0 Å². The summed E-state index contributed by atoms with van der Waals surface area (Å²) in [5, 5.41) is 0. The second kappa shape index (κ2) is 9.18. The summed E-state index contributed by atoms with van der Waals surface area (Å²) in [5.74, 6) is 0. The van der Waals surface area contributed by atoms with E-state index in [1.165, 1.54) is 0 Å². The fraction of sp³-hybridized carbons (Fsp3) is 0. The number of hydrogen-bond acceptors (Lipinski definition) is 3. The molecule has 0 bridgehead atoms. The third kappa shape index (κ3) is 140. The molecule has 29 valence electrons. The van der Waals surface area contributed by atoms with Crippen molar-refractivity contribution >= 4 is 19.1 Å². The monoisotopic (exact) mass is 171 g/mol. The number of hydrogen-bond donors (Lipinski definition) is 0. The molecule has 0 aromatic heterocycles. The molecule has 6 heavy (non-hydrogen) atoms. The molecule has 0 aliphatic carbocycles. The average molecular weight is 172 g/mol. The SMILES string of the molecule is O=[Si]([O-])[O-].[P].[Zn+2]. The predicted octanol–water partition coefficient (Wildman–Crippen LogP) is -2.02. The van der Waals surface area contributed by atoms with Crippen LogP contribution in [0.1, 0.15) is 0 Å². The van der Waals surface area contributed by atoms with Gasteiger partial charge in [-0.2, -0.15) is 0 Å². The zero-order valence-electron chi connectivity index (χ0n) is 2.88. The van der Waals surface area contributed by atoms with Crippen LogP contribution in [0, 0.1) is 0 Å². The molecule has 0 atom stereocenters. The van der Waals surface area contributed by atoms with Crippen molar-refractivity contribution in [3.05, 3.63) is 0 Å². The molecule has 0 aliphatic rings. The minimum absolute atomic E-state index is 0. The van der Waals surface area contributed by atoms with Crippen LogP contribution in [0.4, 0.5) is 0 Å². The molecular formula is O3PSiZn. The van der Waals surface area contributed by atoms with Crippen LogP contribution < -0.4 is 9.59 Å². The van der Waals surface area contributed by atoms with Gasteiger partial charge in [0, 0.05) is 19.1 Å². The minimum Gasteiger partial charge on any atom is -0.672 e. The fourth-order valence-electron chi connectivity index (χ4n) is 0. The normalized spacial score (nSPS) is 4.00. The molecule has 0 unspecified atom stereocenters. The maximum absolute atomic E-state index is 8.52. The Morgan fingerprint density at radius 2 is 1.33 bits per heavy atom. The Hall–Kier alpha value is 0.670. The molecular weight excluding hydrogens is 172 g/mol. The van der Waals surface area contributed by atoms with Gasteiger partial charge >= 0.3 is 19.5 Å². The van der Waals surface area contributed by atoms with E-state index in [4.69, 9.17) is 14.1 Å². The van der Waals surface area contributed by atoms with E-state index in [0.717, 1.165) is 0 Å². The molecule has 0 fully saturated rings. The Morgan fingerprint density at radius 3 is 1.33 bits per heavy atom. The van der Waals surface area contributed by atoms with E-state index in [0.29, 0.717) is 0 Å². The Kier molecular flexibility index (Phi) is 24.4. The van der Waals surface area contributed by atoms with Crippen molar-refractivity contribution in [2.45, 2.75) is 0 Å². The Bertz CT molecular complexity index is 33.8. The van der Waals surface area contributed by atoms with Crippen molar-refractivity contribution in [1.29, 1.82) is 0 Å². The summed E-state index contributed by atoms with van der Waals surface area (Å²) in [6.45, 7) is 0. The van der Waals surface area contributed by atoms with Crippen LogP contribution >= 0.6 is 9.90 Å². The first-order valence-corrected chi connectivity index (χ1v) is 1.84. The zero-order chi connectivity index (χ0) is 3.58. The summed E-state index contributed by atoms with van der Waals surface area (Å²) >= 11 is 0. The summed E-state index contributed by atoms with van der Waals surface area (Å²) in [4.78, 5) is 17.0. The van der Waals surface area contributed by atoms with E-state index in [2.05, 4.69) is 0 Å². The van der Waals surface area contributed by atoms with Crippen LogP contribution in [0.15, 0.2) is 0 Å². The minimum atomic E-state index is -3.63. The van der Waals surface area contributed by atoms with Crippen LogP contribution in [0.25, 0.3) is 0 Å². The van der Waals surface area contributed by atoms with E-state index in [1.54, 1.807) is 0 Å². The van der Waals surface area contributed by atoms with Crippen LogP contribution in [0.5, 0.6) is 0 Å². The smallest absolute Gasteiger partial charge is 0.672 e. The number of rotatable bonds is 0. The molecule has 6 heteroatoms.